The Morgan fingerprint density at radius 3 is 1.96 bits per heavy atom. The molecule has 12 aromatic rings. The van der Waals surface area contributed by atoms with Gasteiger partial charge in [0.15, 0.2) is 0 Å². The number of hydrogen-bond donors (Lipinski definition) is 0. The summed E-state index contributed by atoms with van der Waals surface area (Å²) in [5.74, 6) is 3.08. The summed E-state index contributed by atoms with van der Waals surface area (Å²) >= 11 is 0. The quantitative estimate of drug-likeness (QED) is 0.149. The average Bonchev–Trinajstić information content (AvgIpc) is 3.58. The zero-order valence-electron chi connectivity index (χ0n) is 43.9. The van der Waals surface area contributed by atoms with Gasteiger partial charge in [0.2, 0.25) is 0 Å². The average molecular weight is 1200 g/mol. The van der Waals surface area contributed by atoms with Crippen molar-refractivity contribution in [2.75, 3.05) is 21.7 Å². The molecular weight excluding hydrogens is 1150 g/mol. The normalized spacial score (nSPS) is 13.2. The Hall–Kier alpha value is -9.16. The van der Waals surface area contributed by atoms with Crippen LogP contribution in [0.2, 0.25) is 0 Å². The van der Waals surface area contributed by atoms with Crippen LogP contribution < -0.4 is 19.4 Å². The summed E-state index contributed by atoms with van der Waals surface area (Å²) in [6.07, 6.45) is 10.6. The fourth-order valence-corrected chi connectivity index (χ4v) is 12.2. The molecular formula is C71H51N6OPt-3. The summed E-state index contributed by atoms with van der Waals surface area (Å²) in [5, 5.41) is 3.39. The SMILES string of the molecule is CN1C=CC=Cc2c1n1c3c(cccc23)-c2ccccc2-c2c-1ccc1c2c2ccc(Oc3[c-]c(N4[CH-]N(c5c(-c6ccccc6)cccc5-c5ccccc5)c5ccccc54)ccc3)[c-]c2n1-c1cc(C(C)(C)C)ccn1.[Pt]. The zero-order chi connectivity index (χ0) is 52.2. The number of fused-ring (bicyclic) bond motifs is 13. The molecule has 7 nitrogen and oxygen atoms in total. The van der Waals surface area contributed by atoms with Crippen molar-refractivity contribution >= 4 is 67.4 Å². The Kier molecular flexibility index (Phi) is 11.5. The molecule has 79 heavy (non-hydrogen) atoms. The first-order valence-corrected chi connectivity index (χ1v) is 26.6. The molecule has 0 spiro atoms. The van der Waals surface area contributed by atoms with Gasteiger partial charge in [-0.15, -0.1) is 48.1 Å². The molecule has 3 aromatic heterocycles. The molecule has 8 heteroatoms. The summed E-state index contributed by atoms with van der Waals surface area (Å²) < 4.78 is 11.7. The largest absolute Gasteiger partial charge is 0.509 e. The van der Waals surface area contributed by atoms with Crippen molar-refractivity contribution in [1.82, 2.24) is 14.1 Å². The van der Waals surface area contributed by atoms with E-state index in [1.807, 2.05) is 18.3 Å². The van der Waals surface area contributed by atoms with Crippen LogP contribution in [0.25, 0.3) is 94.8 Å². The Labute approximate surface area is 474 Å². The van der Waals surface area contributed by atoms with Crippen molar-refractivity contribution in [3.05, 3.63) is 255 Å². The summed E-state index contributed by atoms with van der Waals surface area (Å²) in [5.41, 5.74) is 19.8. The number of anilines is 5. The molecule has 0 fully saturated rings. The van der Waals surface area contributed by atoms with Gasteiger partial charge in [0.05, 0.1) is 11.2 Å². The number of aromatic nitrogens is 3. The summed E-state index contributed by atoms with van der Waals surface area (Å²) in [7, 11) is 2.15. The molecule has 3 aliphatic heterocycles. The Morgan fingerprint density at radius 1 is 0.544 bits per heavy atom. The molecule has 9 aromatic carbocycles. The van der Waals surface area contributed by atoms with Crippen molar-refractivity contribution in [1.29, 1.82) is 0 Å². The van der Waals surface area contributed by atoms with E-state index in [1.165, 1.54) is 38.7 Å². The van der Waals surface area contributed by atoms with E-state index in [4.69, 9.17) is 9.72 Å². The molecule has 384 valence electrons. The number of benzene rings is 9. The van der Waals surface area contributed by atoms with Crippen LogP contribution in [-0.4, -0.2) is 21.2 Å². The van der Waals surface area contributed by atoms with Gasteiger partial charge in [-0.2, -0.15) is 12.1 Å². The van der Waals surface area contributed by atoms with Crippen molar-refractivity contribution in [2.45, 2.75) is 26.2 Å². The van der Waals surface area contributed by atoms with E-state index in [0.29, 0.717) is 11.5 Å². The van der Waals surface area contributed by atoms with Crippen LogP contribution >= 0.6 is 0 Å². The third-order valence-electron chi connectivity index (χ3n) is 15.7. The Morgan fingerprint density at radius 2 is 1.20 bits per heavy atom. The number of nitrogens with zero attached hydrogens (tertiary/aromatic N) is 6. The molecule has 6 heterocycles. The molecule has 15 rings (SSSR count). The number of pyridine rings is 1. The fraction of sp³-hybridized carbons (Fsp3) is 0.0704. The monoisotopic (exact) mass is 1200 g/mol. The third-order valence-corrected chi connectivity index (χ3v) is 15.7. The van der Waals surface area contributed by atoms with E-state index in [1.54, 1.807) is 0 Å². The van der Waals surface area contributed by atoms with E-state index in [2.05, 4.69) is 283 Å². The van der Waals surface area contributed by atoms with Crippen LogP contribution in [0.4, 0.5) is 28.6 Å². The third kappa shape index (κ3) is 7.70. The van der Waals surface area contributed by atoms with E-state index < -0.39 is 0 Å². The van der Waals surface area contributed by atoms with Gasteiger partial charge in [-0.3, -0.25) is 4.57 Å². The minimum atomic E-state index is -0.108. The standard InChI is InChI=1S/C71H51N6O.Pt/c1-71(2,3)48-39-40-72-65(42-48)76-62-37-38-63-66(55-27-12-11-26-54(55)56-31-19-32-57-58-28-15-16-41-73(4)70(58)77(63)69(56)57)67(62)59-36-35-51(44-64(59)76)78-50-25-17-24-49(43-50)74-45-75(61-34-14-13-33-60(61)74)68-52(46-20-7-5-8-21-46)29-18-30-53(68)47-22-9-6-10-23-47;/h5-42,45H,1-4H3;/q-3;. The van der Waals surface area contributed by atoms with Gasteiger partial charge >= 0.3 is 0 Å². The van der Waals surface area contributed by atoms with E-state index in [0.717, 1.165) is 89.7 Å². The molecule has 0 bridgehead atoms. The second-order valence-corrected chi connectivity index (χ2v) is 21.3. The van der Waals surface area contributed by atoms with Gasteiger partial charge in [-0.25, -0.2) is 4.98 Å². The van der Waals surface area contributed by atoms with Gasteiger partial charge in [0, 0.05) is 108 Å². The Balaban J connectivity index is 0.00000564. The fourth-order valence-electron chi connectivity index (χ4n) is 12.2. The number of para-hydroxylation sites is 4. The second-order valence-electron chi connectivity index (χ2n) is 21.3. The van der Waals surface area contributed by atoms with Gasteiger partial charge in [0.25, 0.3) is 0 Å². The summed E-state index contributed by atoms with van der Waals surface area (Å²) in [4.78, 5) is 11.9. The molecule has 0 saturated carbocycles. The first-order valence-electron chi connectivity index (χ1n) is 26.6. The van der Waals surface area contributed by atoms with Crippen molar-refractivity contribution < 1.29 is 25.8 Å². The van der Waals surface area contributed by atoms with Crippen molar-refractivity contribution in [2.24, 2.45) is 0 Å². The van der Waals surface area contributed by atoms with Gasteiger partial charge in [-0.1, -0.05) is 172 Å². The van der Waals surface area contributed by atoms with Gasteiger partial charge in [-0.05, 0) is 81.1 Å². The van der Waals surface area contributed by atoms with Crippen LogP contribution in [0.1, 0.15) is 31.9 Å². The van der Waals surface area contributed by atoms with Crippen LogP contribution in [-0.2, 0) is 26.5 Å². The zero-order valence-corrected chi connectivity index (χ0v) is 46.2. The molecule has 0 atom stereocenters. The first-order chi connectivity index (χ1) is 38.3. The van der Waals surface area contributed by atoms with Gasteiger partial charge in [0.1, 0.15) is 11.6 Å². The van der Waals surface area contributed by atoms with E-state index >= 15 is 0 Å². The molecule has 0 aliphatic carbocycles. The van der Waals surface area contributed by atoms with Crippen LogP contribution in [0.15, 0.2) is 225 Å². The minimum Gasteiger partial charge on any atom is -0.509 e. The van der Waals surface area contributed by atoms with Crippen molar-refractivity contribution in [3.63, 3.8) is 0 Å². The van der Waals surface area contributed by atoms with Crippen LogP contribution in [0.3, 0.4) is 0 Å². The molecule has 0 saturated heterocycles. The number of rotatable bonds is 7. The molecule has 0 radical (unpaired) electrons. The van der Waals surface area contributed by atoms with Crippen LogP contribution in [0.5, 0.6) is 11.5 Å². The predicted molar refractivity (Wildman–Crippen MR) is 322 cm³/mol. The molecule has 0 amide bonds. The van der Waals surface area contributed by atoms with Gasteiger partial charge < -0.3 is 24.0 Å². The van der Waals surface area contributed by atoms with Crippen LogP contribution in [0, 0.1) is 18.8 Å². The van der Waals surface area contributed by atoms with E-state index in [-0.39, 0.29) is 26.5 Å². The molecule has 0 N–H and O–H groups in total. The number of ether oxygens (including phenoxy) is 1. The Bertz CT molecular complexity index is 4410. The smallest absolute Gasteiger partial charge is 0.135 e. The summed E-state index contributed by atoms with van der Waals surface area (Å²) in [6.45, 7) is 8.93. The predicted octanol–water partition coefficient (Wildman–Crippen LogP) is 18.2. The maximum Gasteiger partial charge on any atom is 0.135 e. The topological polar surface area (TPSA) is 41.7 Å². The first kappa shape index (κ1) is 48.2. The minimum absolute atomic E-state index is 0. The maximum atomic E-state index is 6.93. The second kappa shape index (κ2) is 18.8. The number of hydrogen-bond acceptors (Lipinski definition) is 5. The molecule has 3 aliphatic rings. The van der Waals surface area contributed by atoms with Crippen molar-refractivity contribution in [3.8, 4) is 67.5 Å². The summed E-state index contributed by atoms with van der Waals surface area (Å²) in [6, 6.07) is 78.9. The van der Waals surface area contributed by atoms with E-state index in [9.17, 15) is 0 Å². The number of allylic oxidation sites excluding steroid dienone is 2. The maximum absolute atomic E-state index is 6.93. The molecule has 0 unspecified atom stereocenters.